The molecule has 0 aliphatic carbocycles. The van der Waals surface area contributed by atoms with Crippen molar-refractivity contribution in [3.05, 3.63) is 0 Å². The van der Waals surface area contributed by atoms with Crippen molar-refractivity contribution in [2.45, 2.75) is 123 Å². The normalized spacial score (nSPS) is 52.9. The third-order valence-corrected chi connectivity index (χ3v) is 8.27. The molecule has 4 heterocycles. The smallest absolute Gasteiger partial charge is 0.187 e. The summed E-state index contributed by atoms with van der Waals surface area (Å²) >= 11 is 0. The van der Waals surface area contributed by atoms with Gasteiger partial charge in [0.2, 0.25) is 0 Å². The van der Waals surface area contributed by atoms with Crippen LogP contribution >= 0.6 is 0 Å². The van der Waals surface area contributed by atoms with Crippen LogP contribution in [0.4, 0.5) is 0 Å². The highest BCUT2D eigenvalue weighted by atomic mass is 16.8. The Kier molecular flexibility index (Phi) is 12.8. The maximum absolute atomic E-state index is 10.7. The highest BCUT2D eigenvalue weighted by Gasteiger charge is 2.54. The van der Waals surface area contributed by atoms with Crippen molar-refractivity contribution < 1.29 is 99.5 Å². The monoisotopic (exact) mass is 665 g/mol. The highest BCUT2D eigenvalue weighted by Crippen LogP contribution is 2.33. The van der Waals surface area contributed by atoms with Gasteiger partial charge < -0.3 is 105 Å². The first kappa shape index (κ1) is 37.0. The molecular formula is C24H43NO20. The first-order chi connectivity index (χ1) is 21.2. The Balaban J connectivity index is 1.50. The molecule has 20 atom stereocenters. The summed E-state index contributed by atoms with van der Waals surface area (Å²) in [4.78, 5) is 0. The molecule has 15 N–H and O–H groups in total. The molecule has 0 amide bonds. The van der Waals surface area contributed by atoms with Crippen molar-refractivity contribution in [1.82, 2.24) is 0 Å². The fraction of sp³-hybridized carbons (Fsp3) is 1.00. The lowest BCUT2D eigenvalue weighted by molar-refractivity contribution is -0.374. The van der Waals surface area contributed by atoms with Crippen molar-refractivity contribution in [1.29, 1.82) is 0 Å². The van der Waals surface area contributed by atoms with Crippen LogP contribution in [0.3, 0.4) is 0 Å². The molecule has 0 aromatic carbocycles. The predicted molar refractivity (Wildman–Crippen MR) is 136 cm³/mol. The summed E-state index contributed by atoms with van der Waals surface area (Å²) in [6, 6.07) is -1.52. The van der Waals surface area contributed by atoms with E-state index in [-0.39, 0.29) is 0 Å². The van der Waals surface area contributed by atoms with Gasteiger partial charge in [-0.15, -0.1) is 0 Å². The van der Waals surface area contributed by atoms with Crippen LogP contribution < -0.4 is 5.73 Å². The minimum Gasteiger partial charge on any atom is -0.394 e. The molecule has 0 aromatic heterocycles. The van der Waals surface area contributed by atoms with Gasteiger partial charge in [-0.05, 0) is 0 Å². The molecule has 0 unspecified atom stereocenters. The number of hydrogen-bond donors (Lipinski definition) is 14. The van der Waals surface area contributed by atoms with Crippen LogP contribution in [0.5, 0.6) is 0 Å². The van der Waals surface area contributed by atoms with Gasteiger partial charge in [0.15, 0.2) is 25.2 Å². The van der Waals surface area contributed by atoms with Crippen LogP contribution in [-0.2, 0) is 33.2 Å². The zero-order chi connectivity index (χ0) is 33.3. The molecule has 4 aliphatic heterocycles. The molecule has 21 heteroatoms. The van der Waals surface area contributed by atoms with E-state index in [1.807, 2.05) is 0 Å². The molecule has 0 bridgehead atoms. The molecule has 21 nitrogen and oxygen atoms in total. The van der Waals surface area contributed by atoms with Crippen LogP contribution in [-0.4, -0.2) is 216 Å². The van der Waals surface area contributed by atoms with E-state index in [9.17, 15) is 66.4 Å². The van der Waals surface area contributed by atoms with Crippen molar-refractivity contribution in [3.63, 3.8) is 0 Å². The Morgan fingerprint density at radius 3 is 1.33 bits per heavy atom. The molecule has 4 fully saturated rings. The lowest BCUT2D eigenvalue weighted by Gasteiger charge is -2.49. The van der Waals surface area contributed by atoms with Crippen molar-refractivity contribution in [3.8, 4) is 0 Å². The molecule has 0 saturated carbocycles. The highest BCUT2D eigenvalue weighted by molar-refractivity contribution is 4.98. The summed E-state index contributed by atoms with van der Waals surface area (Å²) in [5, 5.41) is 132. The van der Waals surface area contributed by atoms with Crippen molar-refractivity contribution in [2.75, 3.05) is 26.4 Å². The first-order valence-electron chi connectivity index (χ1n) is 14.2. The predicted octanol–water partition coefficient (Wildman–Crippen LogP) is -9.78. The minimum absolute atomic E-state index is 0.681. The van der Waals surface area contributed by atoms with E-state index in [0.29, 0.717) is 0 Å². The van der Waals surface area contributed by atoms with E-state index in [0.717, 1.165) is 0 Å². The number of aliphatic hydroxyl groups excluding tert-OH is 13. The third-order valence-electron chi connectivity index (χ3n) is 8.27. The van der Waals surface area contributed by atoms with Gasteiger partial charge in [-0.1, -0.05) is 0 Å². The van der Waals surface area contributed by atoms with Crippen molar-refractivity contribution in [2.24, 2.45) is 5.73 Å². The standard InChI is InChI=1S/C24H43NO20/c25-9-20(19(7(3-28)40-21(9)38)44-23-17(36)14(33)11(30)6(2-27)42-23)45-24-18(37)15(34)12(31)8(43-24)4-39-22-16(35)13(32)10(29)5(1-26)41-22/h5-24,26-38H,1-4,25H2/t5-,6-,7-,8-,9-,10-,11-,12-,13+,14+,15+,16-,17-,18-,19+,20-,21+,22+,23-,24+/m1/s1. The SMILES string of the molecule is N[C@@H]1[C@@H](O[C@@H]2O[C@H](CO[C@H]3O[C@H](CO)[C@@H](O)[C@H](O)[C@H]3O)[C@@H](O)[C@H](O)[C@H]2O)[C@@H](O[C@H]2O[C@H](CO)[C@@H](O)[C@H](O)[C@H]2O)[C@@H](CO)O[C@@H]1O. The number of nitrogens with two attached hydrogens (primary N) is 1. The Hall–Kier alpha value is -0.840. The molecule has 264 valence electrons. The Morgan fingerprint density at radius 2 is 0.844 bits per heavy atom. The zero-order valence-corrected chi connectivity index (χ0v) is 23.6. The van der Waals surface area contributed by atoms with E-state index >= 15 is 0 Å². The van der Waals surface area contributed by atoms with E-state index < -0.39 is 149 Å². The van der Waals surface area contributed by atoms with Gasteiger partial charge in [0.25, 0.3) is 0 Å². The topological polar surface area (TPSA) is 354 Å². The van der Waals surface area contributed by atoms with Gasteiger partial charge in [0, 0.05) is 0 Å². The van der Waals surface area contributed by atoms with Crippen molar-refractivity contribution >= 4 is 0 Å². The number of ether oxygens (including phenoxy) is 7. The van der Waals surface area contributed by atoms with Gasteiger partial charge in [-0.2, -0.15) is 0 Å². The molecule has 45 heavy (non-hydrogen) atoms. The summed E-state index contributed by atoms with van der Waals surface area (Å²) in [6.07, 6.45) is -32.4. The average molecular weight is 666 g/mol. The average Bonchev–Trinajstić information content (AvgIpc) is 3.03. The fourth-order valence-corrected chi connectivity index (χ4v) is 5.47. The summed E-state index contributed by atoms with van der Waals surface area (Å²) < 4.78 is 38.3. The second-order valence-electron chi connectivity index (χ2n) is 11.3. The van der Waals surface area contributed by atoms with E-state index in [1.165, 1.54) is 0 Å². The van der Waals surface area contributed by atoms with Crippen LogP contribution in [0.25, 0.3) is 0 Å². The van der Waals surface area contributed by atoms with Gasteiger partial charge >= 0.3 is 0 Å². The number of aliphatic hydroxyl groups is 13. The third kappa shape index (κ3) is 7.59. The Labute approximate surface area is 255 Å². The first-order valence-corrected chi connectivity index (χ1v) is 14.2. The van der Waals surface area contributed by atoms with Gasteiger partial charge in [-0.25, -0.2) is 0 Å². The van der Waals surface area contributed by atoms with Crippen LogP contribution in [0.15, 0.2) is 0 Å². The van der Waals surface area contributed by atoms with E-state index in [4.69, 9.17) is 38.9 Å². The summed E-state index contributed by atoms with van der Waals surface area (Å²) in [5.41, 5.74) is 6.08. The van der Waals surface area contributed by atoms with Crippen LogP contribution in [0.2, 0.25) is 0 Å². The molecule has 4 rings (SSSR count). The second kappa shape index (κ2) is 15.6. The molecule has 0 radical (unpaired) electrons. The second-order valence-corrected chi connectivity index (χ2v) is 11.3. The molecule has 4 saturated heterocycles. The maximum Gasteiger partial charge on any atom is 0.187 e. The minimum atomic E-state index is -1.98. The largest absolute Gasteiger partial charge is 0.394 e. The summed E-state index contributed by atoms with van der Waals surface area (Å²) in [6.45, 7) is -3.05. The molecule has 0 aromatic rings. The van der Waals surface area contributed by atoms with Crippen LogP contribution in [0, 0.1) is 0 Å². The Bertz CT molecular complexity index is 920. The molecule has 0 spiro atoms. The quantitative estimate of drug-likeness (QED) is 0.103. The van der Waals surface area contributed by atoms with Crippen LogP contribution in [0.1, 0.15) is 0 Å². The summed E-state index contributed by atoms with van der Waals surface area (Å²) in [5.74, 6) is 0. The maximum atomic E-state index is 10.7. The summed E-state index contributed by atoms with van der Waals surface area (Å²) in [7, 11) is 0. The number of hydrogen-bond acceptors (Lipinski definition) is 21. The number of rotatable bonds is 10. The van der Waals surface area contributed by atoms with Gasteiger partial charge in [0.1, 0.15) is 91.6 Å². The molecular weight excluding hydrogens is 622 g/mol. The molecule has 4 aliphatic rings. The lowest BCUT2D eigenvalue weighted by Crippen LogP contribution is -2.68. The fourth-order valence-electron chi connectivity index (χ4n) is 5.47. The van der Waals surface area contributed by atoms with E-state index in [2.05, 4.69) is 0 Å². The Morgan fingerprint density at radius 1 is 0.444 bits per heavy atom. The van der Waals surface area contributed by atoms with E-state index in [1.54, 1.807) is 0 Å². The lowest BCUT2D eigenvalue weighted by atomic mass is 9.95. The van der Waals surface area contributed by atoms with Gasteiger partial charge in [0.05, 0.1) is 32.5 Å². The zero-order valence-electron chi connectivity index (χ0n) is 23.6. The van der Waals surface area contributed by atoms with Gasteiger partial charge in [-0.3, -0.25) is 0 Å².